The van der Waals surface area contributed by atoms with Crippen molar-refractivity contribution in [1.82, 2.24) is 15.2 Å². The van der Waals surface area contributed by atoms with Gasteiger partial charge in [-0.15, -0.1) is 0 Å². The summed E-state index contributed by atoms with van der Waals surface area (Å²) in [5.74, 6) is -0.294. The van der Waals surface area contributed by atoms with Crippen LogP contribution in [0.3, 0.4) is 0 Å². The van der Waals surface area contributed by atoms with Gasteiger partial charge in [-0.2, -0.15) is 0 Å². The van der Waals surface area contributed by atoms with Crippen LogP contribution < -0.4 is 5.32 Å². The van der Waals surface area contributed by atoms with Crippen LogP contribution in [0.1, 0.15) is 25.6 Å². The molecule has 2 unspecified atom stereocenters. The summed E-state index contributed by atoms with van der Waals surface area (Å²) in [5.41, 5.74) is 0.868. The summed E-state index contributed by atoms with van der Waals surface area (Å²) >= 11 is 0. The highest BCUT2D eigenvalue weighted by atomic mass is 19.1. The summed E-state index contributed by atoms with van der Waals surface area (Å²) in [6.45, 7) is 5.12. The van der Waals surface area contributed by atoms with Crippen molar-refractivity contribution in [2.24, 2.45) is 0 Å². The van der Waals surface area contributed by atoms with E-state index in [0.29, 0.717) is 6.04 Å². The molecule has 0 aliphatic rings. The van der Waals surface area contributed by atoms with Gasteiger partial charge in [0.25, 0.3) is 0 Å². The molecular weight excluding hydrogens is 205 g/mol. The van der Waals surface area contributed by atoms with Crippen LogP contribution in [0.4, 0.5) is 4.39 Å². The lowest BCUT2D eigenvalue weighted by molar-refractivity contribution is 0.333. The second-order valence-electron chi connectivity index (χ2n) is 4.45. The fourth-order valence-electron chi connectivity index (χ4n) is 1.76. The third kappa shape index (κ3) is 4.24. The molecular formula is C12H20FN3. The lowest BCUT2D eigenvalue weighted by Gasteiger charge is -2.22. The Morgan fingerprint density at radius 3 is 2.56 bits per heavy atom. The van der Waals surface area contributed by atoms with Gasteiger partial charge >= 0.3 is 0 Å². The van der Waals surface area contributed by atoms with Crippen LogP contribution in [0.5, 0.6) is 0 Å². The molecule has 90 valence electrons. The summed E-state index contributed by atoms with van der Waals surface area (Å²) in [6, 6.07) is 3.67. The zero-order chi connectivity index (χ0) is 12.1. The van der Waals surface area contributed by atoms with Gasteiger partial charge < -0.3 is 10.2 Å². The van der Waals surface area contributed by atoms with Gasteiger partial charge in [0, 0.05) is 18.6 Å². The molecule has 0 aliphatic carbocycles. The molecule has 0 radical (unpaired) electrons. The van der Waals surface area contributed by atoms with Crippen molar-refractivity contribution < 1.29 is 4.39 Å². The molecule has 16 heavy (non-hydrogen) atoms. The first-order chi connectivity index (χ1) is 7.49. The third-order valence-electron chi connectivity index (χ3n) is 2.37. The van der Waals surface area contributed by atoms with Crippen molar-refractivity contribution in [2.75, 3.05) is 20.6 Å². The minimum absolute atomic E-state index is 0.135. The van der Waals surface area contributed by atoms with E-state index in [2.05, 4.69) is 22.1 Å². The molecule has 0 aliphatic heterocycles. The molecule has 1 aromatic rings. The minimum atomic E-state index is -0.294. The first-order valence-corrected chi connectivity index (χ1v) is 5.51. The first-order valence-electron chi connectivity index (χ1n) is 5.51. The topological polar surface area (TPSA) is 28.2 Å². The van der Waals surface area contributed by atoms with Gasteiger partial charge in [0.2, 0.25) is 0 Å². The van der Waals surface area contributed by atoms with Crippen LogP contribution in [0.25, 0.3) is 0 Å². The van der Waals surface area contributed by atoms with Crippen molar-refractivity contribution in [1.29, 1.82) is 0 Å². The van der Waals surface area contributed by atoms with Crippen LogP contribution in [0, 0.1) is 5.82 Å². The highest BCUT2D eigenvalue weighted by molar-refractivity contribution is 5.09. The molecule has 0 saturated carbocycles. The van der Waals surface area contributed by atoms with Gasteiger partial charge in [0.1, 0.15) is 5.82 Å². The maximum atomic E-state index is 12.7. The largest absolute Gasteiger partial charge is 0.308 e. The zero-order valence-corrected chi connectivity index (χ0v) is 10.4. The average molecular weight is 225 g/mol. The van der Waals surface area contributed by atoms with Gasteiger partial charge in [0.15, 0.2) is 0 Å². The number of rotatable bonds is 5. The van der Waals surface area contributed by atoms with Crippen LogP contribution >= 0.6 is 0 Å². The molecule has 0 aromatic carbocycles. The Kier molecular flexibility index (Phi) is 4.83. The van der Waals surface area contributed by atoms with Crippen LogP contribution in [0.2, 0.25) is 0 Å². The monoisotopic (exact) mass is 225 g/mol. The summed E-state index contributed by atoms with van der Waals surface area (Å²) < 4.78 is 12.7. The lowest BCUT2D eigenvalue weighted by Crippen LogP contribution is -2.37. The molecule has 3 nitrogen and oxygen atoms in total. The number of likely N-dealkylation sites (N-methyl/N-ethyl adjacent to an activating group) is 1. The molecule has 0 bridgehead atoms. The summed E-state index contributed by atoms with van der Waals surface area (Å²) in [5, 5.41) is 3.42. The number of halogens is 1. The fraction of sp³-hybridized carbons (Fsp3) is 0.583. The van der Waals surface area contributed by atoms with Gasteiger partial charge in [-0.25, -0.2) is 4.39 Å². The number of hydrogen-bond acceptors (Lipinski definition) is 3. The van der Waals surface area contributed by atoms with Crippen molar-refractivity contribution in [3.63, 3.8) is 0 Å². The number of nitrogens with one attached hydrogen (secondary N) is 1. The highest BCUT2D eigenvalue weighted by Gasteiger charge is 2.10. The Balaban J connectivity index is 2.51. The van der Waals surface area contributed by atoms with Crippen molar-refractivity contribution in [2.45, 2.75) is 25.9 Å². The van der Waals surface area contributed by atoms with Crippen LogP contribution in [-0.4, -0.2) is 36.6 Å². The normalized spacial score (nSPS) is 15.1. The number of pyridine rings is 1. The molecule has 2 atom stereocenters. The lowest BCUT2D eigenvalue weighted by atomic mass is 10.2. The zero-order valence-electron chi connectivity index (χ0n) is 10.4. The molecule has 0 spiro atoms. The van der Waals surface area contributed by atoms with Gasteiger partial charge in [0.05, 0.1) is 11.9 Å². The Labute approximate surface area is 96.7 Å². The molecule has 1 aromatic heterocycles. The Morgan fingerprint density at radius 2 is 2.06 bits per heavy atom. The van der Waals surface area contributed by atoms with Crippen molar-refractivity contribution >= 4 is 0 Å². The van der Waals surface area contributed by atoms with Crippen LogP contribution in [0.15, 0.2) is 18.3 Å². The maximum Gasteiger partial charge on any atom is 0.141 e. The predicted octanol–water partition coefficient (Wildman–Crippen LogP) is 1.82. The quantitative estimate of drug-likeness (QED) is 0.828. The summed E-state index contributed by atoms with van der Waals surface area (Å²) in [6.07, 6.45) is 1.25. The fourth-order valence-corrected chi connectivity index (χ4v) is 1.76. The smallest absolute Gasteiger partial charge is 0.141 e. The average Bonchev–Trinajstić information content (AvgIpc) is 2.16. The molecule has 0 saturated heterocycles. The molecule has 1 rings (SSSR count). The Morgan fingerprint density at radius 1 is 1.38 bits per heavy atom. The second-order valence-corrected chi connectivity index (χ2v) is 4.45. The Bertz CT molecular complexity index is 311. The van der Waals surface area contributed by atoms with E-state index in [4.69, 9.17) is 0 Å². The molecule has 4 heteroatoms. The van der Waals surface area contributed by atoms with E-state index in [-0.39, 0.29) is 11.9 Å². The van der Waals surface area contributed by atoms with Crippen molar-refractivity contribution in [3.8, 4) is 0 Å². The number of nitrogens with zero attached hydrogens (tertiary/aromatic N) is 2. The van der Waals surface area contributed by atoms with E-state index in [1.165, 1.54) is 12.3 Å². The SMILES string of the molecule is CC(CN(C)C)NC(C)c1ccc(F)cn1. The predicted molar refractivity (Wildman–Crippen MR) is 63.8 cm³/mol. The Hall–Kier alpha value is -1.00. The molecule has 1 heterocycles. The first kappa shape index (κ1) is 13.1. The van der Waals surface area contributed by atoms with Gasteiger partial charge in [-0.3, -0.25) is 4.98 Å². The van der Waals surface area contributed by atoms with Crippen LogP contribution in [-0.2, 0) is 0 Å². The van der Waals surface area contributed by atoms with E-state index in [9.17, 15) is 4.39 Å². The van der Waals surface area contributed by atoms with E-state index >= 15 is 0 Å². The maximum absolute atomic E-state index is 12.7. The van der Waals surface area contributed by atoms with E-state index in [0.717, 1.165) is 12.2 Å². The summed E-state index contributed by atoms with van der Waals surface area (Å²) in [7, 11) is 4.08. The number of aromatic nitrogens is 1. The molecule has 0 amide bonds. The second kappa shape index (κ2) is 5.92. The summed E-state index contributed by atoms with van der Waals surface area (Å²) in [4.78, 5) is 6.19. The standard InChI is InChI=1S/C12H20FN3/c1-9(8-16(3)4)15-10(2)12-6-5-11(13)7-14-12/h5-7,9-10,15H,8H2,1-4H3. The van der Waals surface area contributed by atoms with E-state index in [1.807, 2.05) is 21.0 Å². The molecule has 1 N–H and O–H groups in total. The van der Waals surface area contributed by atoms with Crippen molar-refractivity contribution in [3.05, 3.63) is 29.8 Å². The van der Waals surface area contributed by atoms with Gasteiger partial charge in [-0.05, 0) is 40.1 Å². The highest BCUT2D eigenvalue weighted by Crippen LogP contribution is 2.10. The third-order valence-corrected chi connectivity index (χ3v) is 2.37. The van der Waals surface area contributed by atoms with Gasteiger partial charge in [-0.1, -0.05) is 0 Å². The van der Waals surface area contributed by atoms with E-state index < -0.39 is 0 Å². The van der Waals surface area contributed by atoms with E-state index in [1.54, 1.807) is 6.07 Å². The minimum Gasteiger partial charge on any atom is -0.308 e. The number of hydrogen-bond donors (Lipinski definition) is 1. The molecule has 0 fully saturated rings.